The molecule has 0 amide bonds. The largest absolute Gasteiger partial charge is 0.339 e. The second-order valence-corrected chi connectivity index (χ2v) is 4.06. The maximum atomic E-state index is 4.29. The summed E-state index contributed by atoms with van der Waals surface area (Å²) in [6.07, 6.45) is 1.92. The normalized spacial score (nSPS) is 10.6. The van der Waals surface area contributed by atoms with Gasteiger partial charge in [0.25, 0.3) is 0 Å². The number of fused-ring (bicyclic) bond motifs is 1. The van der Waals surface area contributed by atoms with Gasteiger partial charge in [0.1, 0.15) is 0 Å². The lowest BCUT2D eigenvalue weighted by Gasteiger charge is -2.04. The summed E-state index contributed by atoms with van der Waals surface area (Å²) in [6, 6.07) is 16.6. The molecule has 1 aromatic heterocycles. The van der Waals surface area contributed by atoms with Gasteiger partial charge in [0.15, 0.2) is 5.82 Å². The number of aryl methyl sites for hydroxylation is 1. The smallest absolute Gasteiger partial charge is 0.152 e. The second kappa shape index (κ2) is 3.94. The summed E-state index contributed by atoms with van der Waals surface area (Å²) in [5.41, 5.74) is 1.06. The Kier molecular flexibility index (Phi) is 2.29. The summed E-state index contributed by atoms with van der Waals surface area (Å²) in [5, 5.41) is 10.1. The van der Waals surface area contributed by atoms with Crippen LogP contribution in [0.3, 0.4) is 0 Å². The van der Waals surface area contributed by atoms with Crippen molar-refractivity contribution in [2.75, 3.05) is 5.32 Å². The van der Waals surface area contributed by atoms with E-state index in [1.54, 1.807) is 4.68 Å². The van der Waals surface area contributed by atoms with Gasteiger partial charge in [0.2, 0.25) is 0 Å². The van der Waals surface area contributed by atoms with Crippen molar-refractivity contribution in [2.24, 2.45) is 7.05 Å². The molecule has 84 valence electrons. The van der Waals surface area contributed by atoms with E-state index in [1.807, 2.05) is 31.4 Å². The van der Waals surface area contributed by atoms with Gasteiger partial charge in [0.05, 0.1) is 0 Å². The van der Waals surface area contributed by atoms with E-state index in [0.29, 0.717) is 0 Å². The molecule has 1 heterocycles. The minimum Gasteiger partial charge on any atom is -0.339 e. The predicted octanol–water partition coefficient (Wildman–Crippen LogP) is 3.32. The quantitative estimate of drug-likeness (QED) is 0.722. The SMILES string of the molecule is Cn1ccc(Nc2ccc3ccccc3c2)n1. The molecule has 1 N–H and O–H groups in total. The lowest BCUT2D eigenvalue weighted by atomic mass is 10.1. The number of nitrogens with zero attached hydrogens (tertiary/aromatic N) is 2. The third kappa shape index (κ3) is 1.99. The van der Waals surface area contributed by atoms with Crippen LogP contribution in [-0.4, -0.2) is 9.78 Å². The number of anilines is 2. The van der Waals surface area contributed by atoms with Crippen molar-refractivity contribution in [3.05, 3.63) is 54.7 Å². The minimum atomic E-state index is 0.864. The van der Waals surface area contributed by atoms with Gasteiger partial charge in [-0.1, -0.05) is 30.3 Å². The minimum absolute atomic E-state index is 0.864. The summed E-state index contributed by atoms with van der Waals surface area (Å²) in [5.74, 6) is 0.864. The molecule has 3 aromatic rings. The first-order chi connectivity index (χ1) is 8.31. The number of nitrogens with one attached hydrogen (secondary N) is 1. The Labute approximate surface area is 99.7 Å². The van der Waals surface area contributed by atoms with Crippen LogP contribution in [0.2, 0.25) is 0 Å². The molecule has 2 aromatic carbocycles. The van der Waals surface area contributed by atoms with Crippen molar-refractivity contribution < 1.29 is 0 Å². The van der Waals surface area contributed by atoms with Crippen LogP contribution in [0.4, 0.5) is 11.5 Å². The number of benzene rings is 2. The average molecular weight is 223 g/mol. The van der Waals surface area contributed by atoms with Gasteiger partial charge in [-0.3, -0.25) is 4.68 Å². The molecule has 0 unspecified atom stereocenters. The Morgan fingerprint density at radius 3 is 2.59 bits per heavy atom. The highest BCUT2D eigenvalue weighted by atomic mass is 15.3. The van der Waals surface area contributed by atoms with E-state index in [0.717, 1.165) is 11.5 Å². The summed E-state index contributed by atoms with van der Waals surface area (Å²) in [7, 11) is 1.91. The number of hydrogen-bond donors (Lipinski definition) is 1. The molecule has 3 heteroatoms. The molecule has 0 aliphatic heterocycles. The van der Waals surface area contributed by atoms with E-state index >= 15 is 0 Å². The van der Waals surface area contributed by atoms with Crippen molar-refractivity contribution in [1.29, 1.82) is 0 Å². The van der Waals surface area contributed by atoms with Crippen LogP contribution in [0.5, 0.6) is 0 Å². The molecule has 3 nitrogen and oxygen atoms in total. The van der Waals surface area contributed by atoms with Crippen molar-refractivity contribution >= 4 is 22.3 Å². The number of rotatable bonds is 2. The van der Waals surface area contributed by atoms with E-state index in [1.165, 1.54) is 10.8 Å². The molecule has 0 bridgehead atoms. The Hall–Kier alpha value is -2.29. The van der Waals surface area contributed by atoms with Gasteiger partial charge >= 0.3 is 0 Å². The van der Waals surface area contributed by atoms with Crippen LogP contribution in [0.1, 0.15) is 0 Å². The zero-order chi connectivity index (χ0) is 11.7. The van der Waals surface area contributed by atoms with Crippen LogP contribution in [0.15, 0.2) is 54.7 Å². The van der Waals surface area contributed by atoms with Crippen molar-refractivity contribution in [3.63, 3.8) is 0 Å². The summed E-state index contributed by atoms with van der Waals surface area (Å²) < 4.78 is 1.78. The highest BCUT2D eigenvalue weighted by molar-refractivity contribution is 5.86. The average Bonchev–Trinajstić information content (AvgIpc) is 2.75. The maximum absolute atomic E-state index is 4.29. The summed E-state index contributed by atoms with van der Waals surface area (Å²) >= 11 is 0. The van der Waals surface area contributed by atoms with Gasteiger partial charge in [-0.25, -0.2) is 0 Å². The zero-order valence-corrected chi connectivity index (χ0v) is 9.59. The first-order valence-corrected chi connectivity index (χ1v) is 5.57. The number of hydrogen-bond acceptors (Lipinski definition) is 2. The Morgan fingerprint density at radius 2 is 1.82 bits per heavy atom. The molecule has 0 atom stereocenters. The fourth-order valence-corrected chi connectivity index (χ4v) is 1.90. The van der Waals surface area contributed by atoms with Gasteiger partial charge in [-0.05, 0) is 22.9 Å². The van der Waals surface area contributed by atoms with Gasteiger partial charge < -0.3 is 5.32 Å². The van der Waals surface area contributed by atoms with Crippen molar-refractivity contribution in [1.82, 2.24) is 9.78 Å². The Balaban J connectivity index is 1.95. The van der Waals surface area contributed by atoms with E-state index in [2.05, 4.69) is 40.7 Å². The lowest BCUT2D eigenvalue weighted by molar-refractivity contribution is 0.771. The molecule has 0 saturated carbocycles. The predicted molar refractivity (Wildman–Crippen MR) is 70.4 cm³/mol. The molecule has 0 saturated heterocycles. The first-order valence-electron chi connectivity index (χ1n) is 5.57. The summed E-state index contributed by atoms with van der Waals surface area (Å²) in [6.45, 7) is 0. The van der Waals surface area contributed by atoms with Crippen LogP contribution in [0.25, 0.3) is 10.8 Å². The highest BCUT2D eigenvalue weighted by Gasteiger charge is 1.98. The van der Waals surface area contributed by atoms with Gasteiger partial charge in [-0.15, -0.1) is 0 Å². The summed E-state index contributed by atoms with van der Waals surface area (Å²) in [4.78, 5) is 0. The van der Waals surface area contributed by atoms with E-state index in [-0.39, 0.29) is 0 Å². The molecule has 0 radical (unpaired) electrons. The Bertz CT molecular complexity index is 655. The van der Waals surface area contributed by atoms with Crippen LogP contribution < -0.4 is 5.32 Å². The molecular formula is C14H13N3. The maximum Gasteiger partial charge on any atom is 0.152 e. The van der Waals surface area contributed by atoms with Crippen LogP contribution in [-0.2, 0) is 7.05 Å². The highest BCUT2D eigenvalue weighted by Crippen LogP contribution is 2.21. The first kappa shape index (κ1) is 9.90. The molecule has 17 heavy (non-hydrogen) atoms. The van der Waals surface area contributed by atoms with E-state index in [4.69, 9.17) is 0 Å². The molecule has 0 aliphatic carbocycles. The Morgan fingerprint density at radius 1 is 1.00 bits per heavy atom. The standard InChI is InChI=1S/C14H13N3/c1-17-9-8-14(16-17)15-13-7-6-11-4-2-3-5-12(11)10-13/h2-10H,1H3,(H,15,16). The van der Waals surface area contributed by atoms with Crippen molar-refractivity contribution in [2.45, 2.75) is 0 Å². The fraction of sp³-hybridized carbons (Fsp3) is 0.0714. The third-order valence-electron chi connectivity index (χ3n) is 2.74. The molecule has 3 rings (SSSR count). The van der Waals surface area contributed by atoms with Crippen molar-refractivity contribution in [3.8, 4) is 0 Å². The topological polar surface area (TPSA) is 29.9 Å². The fourth-order valence-electron chi connectivity index (χ4n) is 1.90. The van der Waals surface area contributed by atoms with E-state index < -0.39 is 0 Å². The third-order valence-corrected chi connectivity index (χ3v) is 2.74. The molecule has 0 spiro atoms. The van der Waals surface area contributed by atoms with Gasteiger partial charge in [0, 0.05) is 25.0 Å². The van der Waals surface area contributed by atoms with Gasteiger partial charge in [-0.2, -0.15) is 5.10 Å². The van der Waals surface area contributed by atoms with E-state index in [9.17, 15) is 0 Å². The molecular weight excluding hydrogens is 210 g/mol. The van der Waals surface area contributed by atoms with Crippen LogP contribution in [0, 0.1) is 0 Å². The molecule has 0 fully saturated rings. The lowest BCUT2D eigenvalue weighted by Crippen LogP contribution is -1.93. The monoisotopic (exact) mass is 223 g/mol. The second-order valence-electron chi connectivity index (χ2n) is 4.06. The molecule has 0 aliphatic rings. The van der Waals surface area contributed by atoms with Crippen LogP contribution >= 0.6 is 0 Å². The number of aromatic nitrogens is 2. The zero-order valence-electron chi connectivity index (χ0n) is 9.59.